The van der Waals surface area contributed by atoms with Crippen LogP contribution in [0.5, 0.6) is 0 Å². The Kier molecular flexibility index (Phi) is 6.11. The molecule has 0 spiro atoms. The molecule has 26 heavy (non-hydrogen) atoms. The van der Waals surface area contributed by atoms with Crippen LogP contribution in [0.4, 0.5) is 0 Å². The lowest BCUT2D eigenvalue weighted by atomic mass is 9.94. The highest BCUT2D eigenvalue weighted by atomic mass is 16.4. The summed E-state index contributed by atoms with van der Waals surface area (Å²) < 4.78 is 0. The van der Waals surface area contributed by atoms with Gasteiger partial charge in [0.1, 0.15) is 0 Å². The maximum absolute atomic E-state index is 12.9. The van der Waals surface area contributed by atoms with Crippen molar-refractivity contribution < 1.29 is 19.5 Å². The van der Waals surface area contributed by atoms with Crippen LogP contribution in [0.25, 0.3) is 11.1 Å². The minimum Gasteiger partial charge on any atom is -0.478 e. The van der Waals surface area contributed by atoms with E-state index in [1.807, 2.05) is 0 Å². The fourth-order valence-electron chi connectivity index (χ4n) is 2.84. The number of nitrogens with one attached hydrogen (secondary N) is 1. The third-order valence-electron chi connectivity index (χ3n) is 4.19. The summed E-state index contributed by atoms with van der Waals surface area (Å²) in [5.74, 6) is -1.82. The van der Waals surface area contributed by atoms with E-state index in [4.69, 9.17) is 0 Å². The number of carboxylic acids is 1. The average molecular weight is 354 g/mol. The molecule has 2 rings (SSSR count). The van der Waals surface area contributed by atoms with E-state index in [1.165, 1.54) is 11.0 Å². The first-order chi connectivity index (χ1) is 12.4. The lowest BCUT2D eigenvalue weighted by Crippen LogP contribution is -2.37. The molecule has 0 radical (unpaired) electrons. The number of nitrogens with zero attached hydrogens (tertiary/aromatic N) is 1. The van der Waals surface area contributed by atoms with Gasteiger partial charge in [-0.05, 0) is 23.3 Å². The Morgan fingerprint density at radius 2 is 1.50 bits per heavy atom. The lowest BCUT2D eigenvalue weighted by molar-refractivity contribution is -0.124. The van der Waals surface area contributed by atoms with Gasteiger partial charge in [-0.15, -0.1) is 0 Å². The zero-order chi connectivity index (χ0) is 19.3. The van der Waals surface area contributed by atoms with Gasteiger partial charge in [0.2, 0.25) is 5.91 Å². The Bertz CT molecular complexity index is 832. The monoisotopic (exact) mass is 354 g/mol. The number of carbonyl (C=O) groups is 3. The second-order valence-corrected chi connectivity index (χ2v) is 6.10. The summed E-state index contributed by atoms with van der Waals surface area (Å²) >= 11 is 0. The van der Waals surface area contributed by atoms with Gasteiger partial charge < -0.3 is 15.3 Å². The maximum atomic E-state index is 12.9. The Balaban J connectivity index is 2.39. The van der Waals surface area contributed by atoms with Crippen LogP contribution < -0.4 is 5.32 Å². The zero-order valence-electron chi connectivity index (χ0n) is 15.0. The summed E-state index contributed by atoms with van der Waals surface area (Å²) in [5.41, 5.74) is 1.56. The van der Waals surface area contributed by atoms with Gasteiger partial charge in [-0.3, -0.25) is 9.59 Å². The van der Waals surface area contributed by atoms with Crippen LogP contribution in [0, 0.1) is 5.92 Å². The van der Waals surface area contributed by atoms with E-state index in [1.54, 1.807) is 63.5 Å². The van der Waals surface area contributed by atoms with Crippen LogP contribution in [0.1, 0.15) is 27.6 Å². The van der Waals surface area contributed by atoms with Crippen molar-refractivity contribution in [1.29, 1.82) is 0 Å². The number of amides is 2. The molecule has 6 nitrogen and oxygen atoms in total. The maximum Gasteiger partial charge on any atom is 0.336 e. The van der Waals surface area contributed by atoms with Crippen LogP contribution in [-0.2, 0) is 4.79 Å². The van der Waals surface area contributed by atoms with Crippen molar-refractivity contribution in [3.05, 3.63) is 59.7 Å². The van der Waals surface area contributed by atoms with Gasteiger partial charge in [0.25, 0.3) is 5.91 Å². The molecule has 0 aliphatic carbocycles. The molecule has 0 heterocycles. The summed E-state index contributed by atoms with van der Waals surface area (Å²) in [5, 5.41) is 12.0. The molecule has 0 saturated heterocycles. The van der Waals surface area contributed by atoms with Crippen molar-refractivity contribution in [2.24, 2.45) is 5.92 Å². The van der Waals surface area contributed by atoms with Crippen LogP contribution in [0.3, 0.4) is 0 Å². The fourth-order valence-corrected chi connectivity index (χ4v) is 2.84. The van der Waals surface area contributed by atoms with Crippen LogP contribution in [0.15, 0.2) is 48.5 Å². The number of rotatable bonds is 6. The molecule has 136 valence electrons. The molecule has 0 aliphatic heterocycles. The van der Waals surface area contributed by atoms with Crippen molar-refractivity contribution in [1.82, 2.24) is 10.2 Å². The van der Waals surface area contributed by atoms with Gasteiger partial charge in [-0.25, -0.2) is 4.79 Å². The molecule has 2 aromatic carbocycles. The van der Waals surface area contributed by atoms with E-state index in [0.717, 1.165) is 0 Å². The third kappa shape index (κ3) is 4.08. The van der Waals surface area contributed by atoms with E-state index in [9.17, 15) is 19.5 Å². The first-order valence-corrected chi connectivity index (χ1v) is 8.25. The standard InChI is InChI=1S/C20H22N2O4/c1-13(18(23)21-2)12-22(3)19(24)16-10-6-4-8-14(16)15-9-5-7-11-17(15)20(25)26/h4-11,13H,12H2,1-3H3,(H,21,23)(H,25,26). The smallest absolute Gasteiger partial charge is 0.336 e. The molecular weight excluding hydrogens is 332 g/mol. The minimum absolute atomic E-state index is 0.133. The second kappa shape index (κ2) is 8.29. The van der Waals surface area contributed by atoms with E-state index in [2.05, 4.69) is 5.32 Å². The summed E-state index contributed by atoms with van der Waals surface area (Å²) in [7, 11) is 3.18. The molecule has 1 atom stereocenters. The highest BCUT2D eigenvalue weighted by molar-refractivity contribution is 6.04. The van der Waals surface area contributed by atoms with Crippen molar-refractivity contribution in [3.8, 4) is 11.1 Å². The van der Waals surface area contributed by atoms with E-state index < -0.39 is 5.97 Å². The normalized spacial score (nSPS) is 11.5. The Morgan fingerprint density at radius 3 is 2.04 bits per heavy atom. The number of carbonyl (C=O) groups excluding carboxylic acids is 2. The van der Waals surface area contributed by atoms with Crippen LogP contribution >= 0.6 is 0 Å². The molecule has 0 bridgehead atoms. The van der Waals surface area contributed by atoms with Gasteiger partial charge in [0.15, 0.2) is 0 Å². The molecule has 0 aliphatic rings. The van der Waals surface area contributed by atoms with Gasteiger partial charge in [-0.2, -0.15) is 0 Å². The molecule has 6 heteroatoms. The Hall–Kier alpha value is -3.15. The predicted molar refractivity (Wildman–Crippen MR) is 99.0 cm³/mol. The summed E-state index contributed by atoms with van der Waals surface area (Å²) in [4.78, 5) is 37.6. The molecule has 2 N–H and O–H groups in total. The minimum atomic E-state index is -1.05. The summed E-state index contributed by atoms with van der Waals surface area (Å²) in [6.45, 7) is 2.00. The molecular formula is C20H22N2O4. The third-order valence-corrected chi connectivity index (χ3v) is 4.19. The van der Waals surface area contributed by atoms with Crippen molar-refractivity contribution in [2.45, 2.75) is 6.92 Å². The summed E-state index contributed by atoms with van der Waals surface area (Å²) in [6, 6.07) is 13.5. The van der Waals surface area contributed by atoms with Crippen molar-refractivity contribution in [2.75, 3.05) is 20.6 Å². The first kappa shape index (κ1) is 19.2. The zero-order valence-corrected chi connectivity index (χ0v) is 15.0. The van der Waals surface area contributed by atoms with Gasteiger partial charge >= 0.3 is 5.97 Å². The number of benzene rings is 2. The largest absolute Gasteiger partial charge is 0.478 e. The highest BCUT2D eigenvalue weighted by Gasteiger charge is 2.22. The molecule has 0 fully saturated rings. The van der Waals surface area contributed by atoms with Crippen molar-refractivity contribution in [3.63, 3.8) is 0 Å². The van der Waals surface area contributed by atoms with E-state index >= 15 is 0 Å². The Morgan fingerprint density at radius 1 is 1.00 bits per heavy atom. The average Bonchev–Trinajstić information content (AvgIpc) is 2.66. The topological polar surface area (TPSA) is 86.7 Å². The van der Waals surface area contributed by atoms with Crippen LogP contribution in [-0.4, -0.2) is 48.4 Å². The Labute approximate surface area is 152 Å². The lowest BCUT2D eigenvalue weighted by Gasteiger charge is -2.22. The van der Waals surface area contributed by atoms with Gasteiger partial charge in [0, 0.05) is 26.2 Å². The van der Waals surface area contributed by atoms with Crippen molar-refractivity contribution >= 4 is 17.8 Å². The molecule has 1 unspecified atom stereocenters. The molecule has 0 aromatic heterocycles. The highest BCUT2D eigenvalue weighted by Crippen LogP contribution is 2.28. The van der Waals surface area contributed by atoms with Gasteiger partial charge in [-0.1, -0.05) is 43.3 Å². The van der Waals surface area contributed by atoms with E-state index in [0.29, 0.717) is 16.7 Å². The van der Waals surface area contributed by atoms with Gasteiger partial charge in [0.05, 0.1) is 11.5 Å². The second-order valence-electron chi connectivity index (χ2n) is 6.10. The quantitative estimate of drug-likeness (QED) is 0.834. The molecule has 2 aromatic rings. The molecule has 0 saturated carbocycles. The first-order valence-electron chi connectivity index (χ1n) is 8.25. The number of aromatic carboxylic acids is 1. The predicted octanol–water partition coefficient (Wildman–Crippen LogP) is 2.51. The number of hydrogen-bond donors (Lipinski definition) is 2. The number of carboxylic acid groups (broad SMARTS) is 1. The van der Waals surface area contributed by atoms with Crippen LogP contribution in [0.2, 0.25) is 0 Å². The number of hydrogen-bond acceptors (Lipinski definition) is 3. The van der Waals surface area contributed by atoms with E-state index in [-0.39, 0.29) is 29.8 Å². The molecule has 2 amide bonds. The SMILES string of the molecule is CNC(=O)C(C)CN(C)C(=O)c1ccccc1-c1ccccc1C(=O)O. The summed E-state index contributed by atoms with van der Waals surface area (Å²) in [6.07, 6.45) is 0. The fraction of sp³-hybridized carbons (Fsp3) is 0.250.